The van der Waals surface area contributed by atoms with Gasteiger partial charge in [-0.05, 0) is 18.2 Å². The molecule has 1 fully saturated rings. The number of hydrogen-bond acceptors (Lipinski definition) is 7. The molecular weight excluding hydrogens is 441 g/mol. The summed E-state index contributed by atoms with van der Waals surface area (Å²) in [6.45, 7) is 2.58. The third-order valence-corrected chi connectivity index (χ3v) is 5.24. The van der Waals surface area contributed by atoms with Crippen molar-refractivity contribution in [3.63, 3.8) is 0 Å². The molecule has 168 valence electrons. The zero-order valence-corrected chi connectivity index (χ0v) is 17.8. The Balaban J connectivity index is 1.45. The smallest absolute Gasteiger partial charge is 0.258 e. The number of morpholine rings is 1. The van der Waals surface area contributed by atoms with Crippen molar-refractivity contribution < 1.29 is 18.7 Å². The topological polar surface area (TPSA) is 109 Å². The summed E-state index contributed by atoms with van der Waals surface area (Å²) >= 11 is 5.76. The zero-order chi connectivity index (χ0) is 22.5. The number of H-pyrrole nitrogens is 1. The lowest BCUT2D eigenvalue weighted by molar-refractivity contribution is -0.134. The van der Waals surface area contributed by atoms with Crippen LogP contribution >= 0.6 is 11.6 Å². The summed E-state index contributed by atoms with van der Waals surface area (Å²) in [7, 11) is 0. The van der Waals surface area contributed by atoms with Crippen molar-refractivity contribution in [2.24, 2.45) is 0 Å². The van der Waals surface area contributed by atoms with Crippen LogP contribution in [0.4, 0.5) is 4.39 Å². The fraction of sp³-hybridized carbons (Fsp3) is 0.333. The first-order valence-corrected chi connectivity index (χ1v) is 10.4. The largest absolute Gasteiger partial charge is 0.486 e. The molecule has 4 rings (SSSR count). The second-order valence-electron chi connectivity index (χ2n) is 7.13. The Bertz CT molecular complexity index is 1180. The van der Waals surface area contributed by atoms with Gasteiger partial charge < -0.3 is 24.7 Å². The number of aromatic amines is 1. The maximum atomic E-state index is 13.3. The van der Waals surface area contributed by atoms with Crippen molar-refractivity contribution in [1.82, 2.24) is 25.2 Å². The van der Waals surface area contributed by atoms with E-state index in [4.69, 9.17) is 21.1 Å². The number of amides is 1. The Morgan fingerprint density at radius 2 is 2.12 bits per heavy atom. The molecule has 32 heavy (non-hydrogen) atoms. The molecule has 0 spiro atoms. The highest BCUT2D eigenvalue weighted by atomic mass is 35.5. The molecule has 9 nitrogen and oxygen atoms in total. The minimum absolute atomic E-state index is 0.0219. The van der Waals surface area contributed by atoms with Crippen LogP contribution in [0, 0.1) is 5.82 Å². The van der Waals surface area contributed by atoms with E-state index in [1.54, 1.807) is 11.0 Å². The molecule has 0 aliphatic carbocycles. The van der Waals surface area contributed by atoms with Crippen LogP contribution < -0.4 is 15.6 Å². The van der Waals surface area contributed by atoms with Crippen molar-refractivity contribution in [3.8, 4) is 5.75 Å². The van der Waals surface area contributed by atoms with E-state index in [0.29, 0.717) is 48.6 Å². The zero-order valence-electron chi connectivity index (χ0n) is 17.1. The highest BCUT2D eigenvalue weighted by Crippen LogP contribution is 2.21. The third kappa shape index (κ3) is 5.21. The highest BCUT2D eigenvalue weighted by molar-refractivity contribution is 6.30. The number of carbonyl (C=O) groups is 1. The molecule has 1 aliphatic rings. The van der Waals surface area contributed by atoms with Gasteiger partial charge in [0.15, 0.2) is 0 Å². The molecule has 3 aromatic rings. The number of halogens is 2. The van der Waals surface area contributed by atoms with Gasteiger partial charge in [0.2, 0.25) is 5.91 Å². The molecule has 2 aromatic heterocycles. The summed E-state index contributed by atoms with van der Waals surface area (Å²) in [5.41, 5.74) is 0.617. The maximum Gasteiger partial charge on any atom is 0.258 e. The second-order valence-corrected chi connectivity index (χ2v) is 7.53. The number of nitrogens with zero attached hydrogens (tertiary/aromatic N) is 3. The standard InChI is InChI=1S/C21H21ClFN5O4/c22-15-9-13(1-2-16(15)23)32-12-18-26-20-14(21(30)27-18)3-4-25-17(20)10-24-11-19(29)28-5-7-31-8-6-28/h1-4,9,24H,5-8,10-12H2,(H,26,27,30). The monoisotopic (exact) mass is 461 g/mol. The molecule has 0 atom stereocenters. The van der Waals surface area contributed by atoms with Gasteiger partial charge in [-0.15, -0.1) is 0 Å². The molecule has 3 heterocycles. The van der Waals surface area contributed by atoms with Gasteiger partial charge >= 0.3 is 0 Å². The highest BCUT2D eigenvalue weighted by Gasteiger charge is 2.17. The summed E-state index contributed by atoms with van der Waals surface area (Å²) in [5, 5.41) is 3.39. The van der Waals surface area contributed by atoms with Crippen molar-refractivity contribution >= 4 is 28.4 Å². The number of fused-ring (bicyclic) bond motifs is 1. The van der Waals surface area contributed by atoms with Gasteiger partial charge in [0.1, 0.15) is 29.5 Å². The summed E-state index contributed by atoms with van der Waals surface area (Å²) in [5.74, 6) is 0.0494. The molecule has 0 unspecified atom stereocenters. The van der Waals surface area contributed by atoms with Crippen molar-refractivity contribution in [2.75, 3.05) is 32.8 Å². The Hall–Kier alpha value is -3.08. The van der Waals surface area contributed by atoms with E-state index in [1.807, 2.05) is 0 Å². The number of rotatable bonds is 7. The maximum absolute atomic E-state index is 13.3. The van der Waals surface area contributed by atoms with Crippen molar-refractivity contribution in [1.29, 1.82) is 0 Å². The molecule has 0 radical (unpaired) electrons. The lowest BCUT2D eigenvalue weighted by atomic mass is 10.2. The van der Waals surface area contributed by atoms with E-state index in [-0.39, 0.29) is 42.0 Å². The molecule has 0 bridgehead atoms. The van der Waals surface area contributed by atoms with Gasteiger partial charge in [0, 0.05) is 31.9 Å². The average Bonchev–Trinajstić information content (AvgIpc) is 2.81. The van der Waals surface area contributed by atoms with E-state index in [1.165, 1.54) is 24.4 Å². The minimum Gasteiger partial charge on any atom is -0.486 e. The molecule has 1 saturated heterocycles. The molecule has 11 heteroatoms. The summed E-state index contributed by atoms with van der Waals surface area (Å²) in [6, 6.07) is 5.55. The van der Waals surface area contributed by atoms with E-state index in [2.05, 4.69) is 20.3 Å². The van der Waals surface area contributed by atoms with E-state index in [9.17, 15) is 14.0 Å². The molecule has 1 amide bonds. The number of carbonyl (C=O) groups excluding carboxylic acids is 1. The van der Waals surface area contributed by atoms with E-state index < -0.39 is 5.82 Å². The third-order valence-electron chi connectivity index (χ3n) is 4.95. The van der Waals surface area contributed by atoms with Crippen molar-refractivity contribution in [2.45, 2.75) is 13.2 Å². The van der Waals surface area contributed by atoms with Gasteiger partial charge in [-0.1, -0.05) is 11.6 Å². The first-order chi connectivity index (χ1) is 15.5. The predicted molar refractivity (Wildman–Crippen MR) is 115 cm³/mol. The second kappa shape index (κ2) is 10.0. The summed E-state index contributed by atoms with van der Waals surface area (Å²) in [6.07, 6.45) is 1.52. The van der Waals surface area contributed by atoms with Gasteiger partial charge in [-0.25, -0.2) is 9.37 Å². The minimum atomic E-state index is -0.549. The molecule has 2 N–H and O–H groups in total. The Morgan fingerprint density at radius 3 is 2.91 bits per heavy atom. The number of benzene rings is 1. The van der Waals surface area contributed by atoms with E-state index in [0.717, 1.165) is 0 Å². The fourth-order valence-electron chi connectivity index (χ4n) is 3.30. The summed E-state index contributed by atoms with van der Waals surface area (Å²) in [4.78, 5) is 38.0. The van der Waals surface area contributed by atoms with Gasteiger partial charge in [0.05, 0.1) is 35.9 Å². The van der Waals surface area contributed by atoms with Gasteiger partial charge in [0.25, 0.3) is 5.56 Å². The normalized spacial score (nSPS) is 14.0. The van der Waals surface area contributed by atoms with Crippen molar-refractivity contribution in [3.05, 3.63) is 63.2 Å². The first-order valence-electron chi connectivity index (χ1n) is 10.0. The number of ether oxygens (including phenoxy) is 2. The number of aromatic nitrogens is 3. The lowest BCUT2D eigenvalue weighted by Gasteiger charge is -2.26. The lowest BCUT2D eigenvalue weighted by Crippen LogP contribution is -2.44. The molecule has 1 aliphatic heterocycles. The molecule has 0 saturated carbocycles. The SMILES string of the molecule is O=C(CNCc1nccc2c(=O)[nH]c(COc3ccc(F)c(Cl)c3)nc12)N1CCOCC1. The van der Waals surface area contributed by atoms with Gasteiger partial charge in [-0.2, -0.15) is 0 Å². The Morgan fingerprint density at radius 1 is 1.31 bits per heavy atom. The van der Waals surface area contributed by atoms with Gasteiger partial charge in [-0.3, -0.25) is 14.6 Å². The fourth-order valence-corrected chi connectivity index (χ4v) is 3.47. The van der Waals surface area contributed by atoms with Crippen LogP contribution in [-0.4, -0.2) is 58.6 Å². The van der Waals surface area contributed by atoms with Crippen LogP contribution in [0.5, 0.6) is 5.75 Å². The molecule has 1 aromatic carbocycles. The van der Waals surface area contributed by atoms with E-state index >= 15 is 0 Å². The predicted octanol–water partition coefficient (Wildman–Crippen LogP) is 1.64. The Kier molecular flexibility index (Phi) is 6.93. The number of pyridine rings is 1. The van der Waals surface area contributed by atoms with Crippen LogP contribution in [0.1, 0.15) is 11.5 Å². The van der Waals surface area contributed by atoms with Crippen LogP contribution in [0.3, 0.4) is 0 Å². The summed E-state index contributed by atoms with van der Waals surface area (Å²) < 4.78 is 24.1. The number of nitrogens with one attached hydrogen (secondary N) is 2. The van der Waals surface area contributed by atoms with Crippen LogP contribution in [-0.2, 0) is 22.7 Å². The quantitative estimate of drug-likeness (QED) is 0.550. The Labute approximate surface area is 187 Å². The van der Waals surface area contributed by atoms with Crippen LogP contribution in [0.2, 0.25) is 5.02 Å². The average molecular weight is 462 g/mol. The van der Waals surface area contributed by atoms with Crippen LogP contribution in [0.25, 0.3) is 10.9 Å². The van der Waals surface area contributed by atoms with Crippen LogP contribution in [0.15, 0.2) is 35.3 Å². The molecular formula is C21H21ClFN5O4. The first kappa shape index (κ1) is 22.1. The number of hydrogen-bond donors (Lipinski definition) is 2.